The third kappa shape index (κ3) is 4.10. The molecule has 1 heterocycles. The average Bonchev–Trinajstić information content (AvgIpc) is 3.06. The number of fused-ring (bicyclic) bond motifs is 1. The summed E-state index contributed by atoms with van der Waals surface area (Å²) >= 11 is 11.4. The number of hydrogen-bond acceptors (Lipinski definition) is 4. The highest BCUT2D eigenvalue weighted by atomic mass is 35.5. The van der Waals surface area contributed by atoms with E-state index in [-0.39, 0.29) is 12.7 Å². The largest absolute Gasteiger partial charge is 0.454 e. The van der Waals surface area contributed by atoms with Gasteiger partial charge in [-0.15, -0.1) is 0 Å². The molecule has 3 atom stereocenters. The highest BCUT2D eigenvalue weighted by molar-refractivity contribution is 7.80. The lowest BCUT2D eigenvalue weighted by Gasteiger charge is -2.35. The van der Waals surface area contributed by atoms with Gasteiger partial charge in [0, 0.05) is 11.6 Å². The van der Waals surface area contributed by atoms with Crippen LogP contribution < -0.4 is 25.6 Å². The van der Waals surface area contributed by atoms with Crippen molar-refractivity contribution in [1.29, 1.82) is 0 Å². The molecule has 1 aliphatic carbocycles. The fraction of sp³-hybridized carbons (Fsp3) is 0.529. The van der Waals surface area contributed by atoms with Gasteiger partial charge in [-0.1, -0.05) is 38.3 Å². The van der Waals surface area contributed by atoms with Crippen LogP contribution in [0.15, 0.2) is 12.1 Å². The average molecular weight is 384 g/mol. The summed E-state index contributed by atoms with van der Waals surface area (Å²) in [4.78, 5) is 12.3. The molecule has 0 saturated heterocycles. The Morgan fingerprint density at radius 2 is 2.04 bits per heavy atom. The molecule has 3 N–H and O–H groups in total. The van der Waals surface area contributed by atoms with Gasteiger partial charge in [0.25, 0.3) is 5.91 Å². The Morgan fingerprint density at radius 1 is 1.24 bits per heavy atom. The van der Waals surface area contributed by atoms with E-state index in [0.29, 0.717) is 45.1 Å². The summed E-state index contributed by atoms with van der Waals surface area (Å²) < 4.78 is 10.5. The van der Waals surface area contributed by atoms with Gasteiger partial charge in [0.05, 0.1) is 5.02 Å². The van der Waals surface area contributed by atoms with E-state index < -0.39 is 0 Å². The van der Waals surface area contributed by atoms with Gasteiger partial charge < -0.3 is 14.8 Å². The Morgan fingerprint density at radius 3 is 2.84 bits per heavy atom. The van der Waals surface area contributed by atoms with Gasteiger partial charge in [-0.3, -0.25) is 15.6 Å². The van der Waals surface area contributed by atoms with E-state index in [9.17, 15) is 4.79 Å². The van der Waals surface area contributed by atoms with Gasteiger partial charge in [-0.25, -0.2) is 0 Å². The molecule has 1 aromatic carbocycles. The number of halogens is 1. The van der Waals surface area contributed by atoms with Crippen molar-refractivity contribution < 1.29 is 14.3 Å². The Balaban J connectivity index is 1.54. The number of ether oxygens (including phenoxy) is 2. The van der Waals surface area contributed by atoms with E-state index >= 15 is 0 Å². The molecule has 1 amide bonds. The van der Waals surface area contributed by atoms with Crippen molar-refractivity contribution in [2.24, 2.45) is 11.8 Å². The van der Waals surface area contributed by atoms with Crippen LogP contribution in [0.4, 0.5) is 0 Å². The minimum absolute atomic E-state index is 0.102. The highest BCUT2D eigenvalue weighted by Crippen LogP contribution is 2.39. The molecular formula is C17H22ClN3O3S. The zero-order valence-corrected chi connectivity index (χ0v) is 15.8. The first-order valence-electron chi connectivity index (χ1n) is 8.41. The Hall–Kier alpha value is -1.73. The second kappa shape index (κ2) is 7.66. The monoisotopic (exact) mass is 383 g/mol. The third-order valence-electron chi connectivity index (χ3n) is 5.00. The number of amides is 1. The predicted octanol–water partition coefficient (Wildman–Crippen LogP) is 3.00. The zero-order chi connectivity index (χ0) is 18.0. The summed E-state index contributed by atoms with van der Waals surface area (Å²) in [5.74, 6) is 1.78. The van der Waals surface area contributed by atoms with Crippen LogP contribution in [-0.2, 0) is 0 Å². The van der Waals surface area contributed by atoms with Crippen LogP contribution in [0.1, 0.15) is 43.5 Å². The Bertz CT molecular complexity index is 685. The molecule has 25 heavy (non-hydrogen) atoms. The molecule has 136 valence electrons. The Kier molecular flexibility index (Phi) is 5.54. The molecule has 6 nitrogen and oxygen atoms in total. The molecule has 0 radical (unpaired) electrons. The summed E-state index contributed by atoms with van der Waals surface area (Å²) in [6.07, 6.45) is 3.52. The first-order chi connectivity index (χ1) is 12.0. The minimum atomic E-state index is -0.352. The maximum Gasteiger partial charge on any atom is 0.269 e. The number of hydrogen-bond donors (Lipinski definition) is 3. The van der Waals surface area contributed by atoms with Crippen LogP contribution in [0.5, 0.6) is 11.5 Å². The smallest absolute Gasteiger partial charge is 0.269 e. The number of rotatable bonds is 2. The van der Waals surface area contributed by atoms with Crippen molar-refractivity contribution in [2.45, 2.75) is 39.2 Å². The lowest BCUT2D eigenvalue weighted by atomic mass is 9.78. The summed E-state index contributed by atoms with van der Waals surface area (Å²) in [5, 5.41) is 4.04. The predicted molar refractivity (Wildman–Crippen MR) is 99.9 cm³/mol. The van der Waals surface area contributed by atoms with E-state index in [0.717, 1.165) is 6.42 Å². The van der Waals surface area contributed by atoms with Crippen LogP contribution in [0.3, 0.4) is 0 Å². The van der Waals surface area contributed by atoms with Crippen LogP contribution >= 0.6 is 23.8 Å². The quantitative estimate of drug-likeness (QED) is 0.538. The van der Waals surface area contributed by atoms with Crippen molar-refractivity contribution in [1.82, 2.24) is 16.2 Å². The molecule has 1 aliphatic heterocycles. The number of carbonyl (C=O) groups excluding carboxylic acids is 1. The van der Waals surface area contributed by atoms with Crippen molar-refractivity contribution in [3.63, 3.8) is 0 Å². The van der Waals surface area contributed by atoms with Crippen molar-refractivity contribution in [2.75, 3.05) is 6.79 Å². The minimum Gasteiger partial charge on any atom is -0.454 e. The Labute approximate surface area is 157 Å². The van der Waals surface area contributed by atoms with Gasteiger partial charge in [-0.05, 0) is 42.6 Å². The third-order valence-corrected chi connectivity index (χ3v) is 5.50. The fourth-order valence-electron chi connectivity index (χ4n) is 3.27. The molecule has 0 unspecified atom stereocenters. The van der Waals surface area contributed by atoms with E-state index in [1.807, 2.05) is 0 Å². The number of carbonyl (C=O) groups is 1. The molecule has 0 spiro atoms. The van der Waals surface area contributed by atoms with Gasteiger partial charge >= 0.3 is 0 Å². The van der Waals surface area contributed by atoms with E-state index in [2.05, 4.69) is 30.0 Å². The SMILES string of the molecule is C[C@H]1[C@@H](NC(=S)NNC(=O)c2cc(Cl)c3c(c2)OCO3)CCC[C@@H]1C. The fourth-order valence-corrected chi connectivity index (χ4v) is 3.74. The highest BCUT2D eigenvalue weighted by Gasteiger charge is 2.27. The van der Waals surface area contributed by atoms with Crippen molar-refractivity contribution >= 4 is 34.8 Å². The molecule has 1 saturated carbocycles. The second-order valence-electron chi connectivity index (χ2n) is 6.62. The van der Waals surface area contributed by atoms with Gasteiger partial charge in [0.15, 0.2) is 16.6 Å². The number of hydrazine groups is 1. The van der Waals surface area contributed by atoms with E-state index in [1.165, 1.54) is 18.9 Å². The molecule has 8 heteroatoms. The van der Waals surface area contributed by atoms with E-state index in [4.69, 9.17) is 33.3 Å². The lowest BCUT2D eigenvalue weighted by Crippen LogP contribution is -2.52. The van der Waals surface area contributed by atoms with Crippen LogP contribution in [0.2, 0.25) is 5.02 Å². The van der Waals surface area contributed by atoms with Crippen LogP contribution in [-0.4, -0.2) is 23.9 Å². The first-order valence-corrected chi connectivity index (χ1v) is 9.20. The molecule has 3 rings (SSSR count). The maximum absolute atomic E-state index is 12.3. The normalized spacial score (nSPS) is 24.5. The first kappa shape index (κ1) is 18.1. The zero-order valence-electron chi connectivity index (χ0n) is 14.2. The number of nitrogens with one attached hydrogen (secondary N) is 3. The molecule has 0 aromatic heterocycles. The van der Waals surface area contributed by atoms with Crippen molar-refractivity contribution in [3.8, 4) is 11.5 Å². The second-order valence-corrected chi connectivity index (χ2v) is 7.43. The summed E-state index contributed by atoms with van der Waals surface area (Å²) in [6.45, 7) is 4.60. The topological polar surface area (TPSA) is 71.6 Å². The summed E-state index contributed by atoms with van der Waals surface area (Å²) in [7, 11) is 0. The lowest BCUT2D eigenvalue weighted by molar-refractivity contribution is 0.0942. The standard InChI is InChI=1S/C17H22ClN3O3S/c1-9-4-3-5-13(10(9)2)19-17(25)21-20-16(22)11-6-12(18)15-14(7-11)23-8-24-15/h6-7,9-10,13H,3-5,8H2,1-2H3,(H,20,22)(H2,19,21,25)/t9-,10+,13-/m0/s1. The summed E-state index contributed by atoms with van der Waals surface area (Å²) in [5.41, 5.74) is 5.71. The van der Waals surface area contributed by atoms with Crippen LogP contribution in [0, 0.1) is 11.8 Å². The van der Waals surface area contributed by atoms with Gasteiger partial charge in [-0.2, -0.15) is 0 Å². The van der Waals surface area contributed by atoms with Gasteiger partial charge in [0.1, 0.15) is 0 Å². The summed E-state index contributed by atoms with van der Waals surface area (Å²) in [6, 6.07) is 3.45. The maximum atomic E-state index is 12.3. The van der Waals surface area contributed by atoms with Crippen molar-refractivity contribution in [3.05, 3.63) is 22.7 Å². The number of benzene rings is 1. The van der Waals surface area contributed by atoms with Crippen LogP contribution in [0.25, 0.3) is 0 Å². The van der Waals surface area contributed by atoms with E-state index in [1.54, 1.807) is 6.07 Å². The number of thiocarbonyl (C=S) groups is 1. The molecule has 1 fully saturated rings. The molecule has 1 aromatic rings. The molecule has 0 bridgehead atoms. The molecular weight excluding hydrogens is 362 g/mol. The molecule has 2 aliphatic rings. The van der Waals surface area contributed by atoms with Gasteiger partial charge in [0.2, 0.25) is 6.79 Å².